The van der Waals surface area contributed by atoms with Crippen molar-refractivity contribution in [3.63, 3.8) is 0 Å². The third-order valence-corrected chi connectivity index (χ3v) is 2.91. The molecule has 0 fully saturated rings. The molecule has 2 aromatic rings. The molecule has 1 unspecified atom stereocenters. The van der Waals surface area contributed by atoms with Gasteiger partial charge in [0.05, 0.1) is 6.04 Å². The second kappa shape index (κ2) is 5.57. The standard InChI is InChI=1S/C14H17N3/c1-11-13(8-5-9-16-11)14(17-15)10-12-6-3-2-4-7-12/h2-9,14,17H,10,15H2,1H3. The Hall–Kier alpha value is -1.71. The van der Waals surface area contributed by atoms with Crippen LogP contribution in [0.2, 0.25) is 0 Å². The first-order chi connectivity index (χ1) is 8.31. The minimum Gasteiger partial charge on any atom is -0.271 e. The summed E-state index contributed by atoms with van der Waals surface area (Å²) in [5, 5.41) is 0. The van der Waals surface area contributed by atoms with E-state index in [4.69, 9.17) is 5.84 Å². The second-order valence-corrected chi connectivity index (χ2v) is 4.09. The number of hydrogen-bond donors (Lipinski definition) is 2. The van der Waals surface area contributed by atoms with Crippen LogP contribution < -0.4 is 11.3 Å². The number of hydrogen-bond acceptors (Lipinski definition) is 3. The van der Waals surface area contributed by atoms with Crippen LogP contribution >= 0.6 is 0 Å². The number of hydrazine groups is 1. The molecular weight excluding hydrogens is 210 g/mol. The van der Waals surface area contributed by atoms with E-state index in [-0.39, 0.29) is 6.04 Å². The van der Waals surface area contributed by atoms with Gasteiger partial charge in [-0.05, 0) is 30.5 Å². The van der Waals surface area contributed by atoms with Crippen LogP contribution in [0.3, 0.4) is 0 Å². The van der Waals surface area contributed by atoms with Gasteiger partial charge in [-0.1, -0.05) is 36.4 Å². The van der Waals surface area contributed by atoms with E-state index in [1.165, 1.54) is 5.56 Å². The van der Waals surface area contributed by atoms with E-state index in [9.17, 15) is 0 Å². The van der Waals surface area contributed by atoms with Gasteiger partial charge in [0.25, 0.3) is 0 Å². The van der Waals surface area contributed by atoms with Crippen molar-refractivity contribution >= 4 is 0 Å². The van der Waals surface area contributed by atoms with Crippen LogP contribution in [-0.4, -0.2) is 4.98 Å². The fourth-order valence-corrected chi connectivity index (χ4v) is 1.97. The molecule has 0 aliphatic carbocycles. The maximum atomic E-state index is 5.64. The Kier molecular flexibility index (Phi) is 3.85. The van der Waals surface area contributed by atoms with Crippen LogP contribution in [-0.2, 0) is 6.42 Å². The van der Waals surface area contributed by atoms with Gasteiger partial charge >= 0.3 is 0 Å². The van der Waals surface area contributed by atoms with Gasteiger partial charge in [0.2, 0.25) is 0 Å². The fourth-order valence-electron chi connectivity index (χ4n) is 1.97. The summed E-state index contributed by atoms with van der Waals surface area (Å²) in [6.45, 7) is 2.00. The van der Waals surface area contributed by atoms with Crippen LogP contribution in [0.15, 0.2) is 48.7 Å². The number of rotatable bonds is 4. The van der Waals surface area contributed by atoms with Gasteiger partial charge in [0.1, 0.15) is 0 Å². The molecule has 3 N–H and O–H groups in total. The fraction of sp³-hybridized carbons (Fsp3) is 0.214. The zero-order valence-corrected chi connectivity index (χ0v) is 9.93. The van der Waals surface area contributed by atoms with Gasteiger partial charge in [-0.25, -0.2) is 0 Å². The summed E-state index contributed by atoms with van der Waals surface area (Å²) in [7, 11) is 0. The molecule has 0 amide bonds. The molecule has 3 nitrogen and oxygen atoms in total. The molecule has 3 heteroatoms. The average molecular weight is 227 g/mol. The van der Waals surface area contributed by atoms with Gasteiger partial charge in [-0.2, -0.15) is 0 Å². The van der Waals surface area contributed by atoms with E-state index < -0.39 is 0 Å². The smallest absolute Gasteiger partial charge is 0.0518 e. The minimum absolute atomic E-state index is 0.103. The number of nitrogens with one attached hydrogen (secondary N) is 1. The highest BCUT2D eigenvalue weighted by Gasteiger charge is 2.12. The third-order valence-electron chi connectivity index (χ3n) is 2.91. The SMILES string of the molecule is Cc1ncccc1C(Cc1ccccc1)NN. The van der Waals surface area contributed by atoms with E-state index in [1.807, 2.05) is 31.2 Å². The van der Waals surface area contributed by atoms with Crippen molar-refractivity contribution in [1.82, 2.24) is 10.4 Å². The monoisotopic (exact) mass is 227 g/mol. The van der Waals surface area contributed by atoms with E-state index in [0.717, 1.165) is 17.7 Å². The van der Waals surface area contributed by atoms with Crippen molar-refractivity contribution in [3.8, 4) is 0 Å². The molecule has 0 spiro atoms. The molecule has 1 aromatic heterocycles. The molecule has 17 heavy (non-hydrogen) atoms. The van der Waals surface area contributed by atoms with E-state index in [0.29, 0.717) is 0 Å². The highest BCUT2D eigenvalue weighted by atomic mass is 15.2. The van der Waals surface area contributed by atoms with E-state index >= 15 is 0 Å². The third kappa shape index (κ3) is 2.90. The molecule has 0 radical (unpaired) electrons. The Labute approximate surface area is 102 Å². The summed E-state index contributed by atoms with van der Waals surface area (Å²) in [6, 6.07) is 14.4. The molecule has 1 atom stereocenters. The lowest BCUT2D eigenvalue weighted by Crippen LogP contribution is -2.30. The van der Waals surface area contributed by atoms with Crippen molar-refractivity contribution in [3.05, 3.63) is 65.5 Å². The Morgan fingerprint density at radius 1 is 1.18 bits per heavy atom. The average Bonchev–Trinajstić information content (AvgIpc) is 2.38. The molecule has 0 aliphatic heterocycles. The van der Waals surface area contributed by atoms with Gasteiger partial charge in [0.15, 0.2) is 0 Å². The second-order valence-electron chi connectivity index (χ2n) is 4.09. The number of nitrogens with zero attached hydrogens (tertiary/aromatic N) is 1. The molecule has 1 heterocycles. The van der Waals surface area contributed by atoms with Crippen molar-refractivity contribution < 1.29 is 0 Å². The van der Waals surface area contributed by atoms with Crippen molar-refractivity contribution in [2.75, 3.05) is 0 Å². The lowest BCUT2D eigenvalue weighted by Gasteiger charge is -2.17. The minimum atomic E-state index is 0.103. The Morgan fingerprint density at radius 3 is 2.59 bits per heavy atom. The molecule has 1 aromatic carbocycles. The summed E-state index contributed by atoms with van der Waals surface area (Å²) >= 11 is 0. The van der Waals surface area contributed by atoms with Crippen LogP contribution in [0.5, 0.6) is 0 Å². The molecule has 0 saturated heterocycles. The molecule has 0 aliphatic rings. The summed E-state index contributed by atoms with van der Waals surface area (Å²) in [4.78, 5) is 4.29. The number of nitrogens with two attached hydrogens (primary N) is 1. The highest BCUT2D eigenvalue weighted by molar-refractivity contribution is 5.25. The summed E-state index contributed by atoms with van der Waals surface area (Å²) in [5.74, 6) is 5.64. The normalized spacial score (nSPS) is 12.4. The maximum absolute atomic E-state index is 5.64. The predicted octanol–water partition coefficient (Wildman–Crippen LogP) is 2.14. The van der Waals surface area contributed by atoms with Crippen LogP contribution in [0.1, 0.15) is 22.9 Å². The Balaban J connectivity index is 2.21. The van der Waals surface area contributed by atoms with Crippen molar-refractivity contribution in [2.24, 2.45) is 5.84 Å². The number of aromatic nitrogens is 1. The van der Waals surface area contributed by atoms with Crippen molar-refractivity contribution in [1.29, 1.82) is 0 Å². The number of benzene rings is 1. The molecule has 88 valence electrons. The van der Waals surface area contributed by atoms with Gasteiger partial charge in [-0.15, -0.1) is 0 Å². The largest absolute Gasteiger partial charge is 0.271 e. The van der Waals surface area contributed by atoms with Crippen LogP contribution in [0.25, 0.3) is 0 Å². The van der Waals surface area contributed by atoms with Crippen LogP contribution in [0, 0.1) is 6.92 Å². The Morgan fingerprint density at radius 2 is 1.94 bits per heavy atom. The van der Waals surface area contributed by atoms with E-state index in [2.05, 4.69) is 28.6 Å². The van der Waals surface area contributed by atoms with Gasteiger partial charge < -0.3 is 0 Å². The molecule has 2 rings (SSSR count). The molecular formula is C14H17N3. The first-order valence-electron chi connectivity index (χ1n) is 5.73. The summed E-state index contributed by atoms with van der Waals surface area (Å²) in [6.07, 6.45) is 2.67. The maximum Gasteiger partial charge on any atom is 0.0518 e. The first kappa shape index (κ1) is 11.8. The Bertz CT molecular complexity index is 468. The molecule has 0 saturated carbocycles. The van der Waals surface area contributed by atoms with Gasteiger partial charge in [-0.3, -0.25) is 16.3 Å². The van der Waals surface area contributed by atoms with Crippen LogP contribution in [0.4, 0.5) is 0 Å². The zero-order valence-electron chi connectivity index (χ0n) is 9.93. The first-order valence-corrected chi connectivity index (χ1v) is 5.73. The van der Waals surface area contributed by atoms with E-state index in [1.54, 1.807) is 6.20 Å². The quantitative estimate of drug-likeness (QED) is 0.621. The highest BCUT2D eigenvalue weighted by Crippen LogP contribution is 2.19. The number of pyridine rings is 1. The summed E-state index contributed by atoms with van der Waals surface area (Å²) < 4.78 is 0. The summed E-state index contributed by atoms with van der Waals surface area (Å²) in [5.41, 5.74) is 6.30. The predicted molar refractivity (Wildman–Crippen MR) is 69.2 cm³/mol. The lowest BCUT2D eigenvalue weighted by atomic mass is 9.98. The number of aryl methyl sites for hydroxylation is 1. The molecule has 0 bridgehead atoms. The van der Waals surface area contributed by atoms with Crippen molar-refractivity contribution in [2.45, 2.75) is 19.4 Å². The topological polar surface area (TPSA) is 50.9 Å². The van der Waals surface area contributed by atoms with Gasteiger partial charge in [0, 0.05) is 11.9 Å². The lowest BCUT2D eigenvalue weighted by molar-refractivity contribution is 0.547. The zero-order chi connectivity index (χ0) is 12.1.